The normalized spacial score (nSPS) is 29.3. The van der Waals surface area contributed by atoms with Crippen LogP contribution in [0.4, 0.5) is 0 Å². The zero-order valence-corrected chi connectivity index (χ0v) is 5.17. The lowest BCUT2D eigenvalue weighted by Gasteiger charge is -2.12. The van der Waals surface area contributed by atoms with Crippen LogP contribution in [-0.2, 0) is 0 Å². The summed E-state index contributed by atoms with van der Waals surface area (Å²) >= 11 is 0. The van der Waals surface area contributed by atoms with E-state index in [2.05, 4.69) is 29.6 Å². The summed E-state index contributed by atoms with van der Waals surface area (Å²) in [4.78, 5) is 0. The maximum atomic E-state index is 3.26. The number of hydrogen-bond donors (Lipinski definition) is 1. The monoisotopic (exact) mass is 119 g/mol. The number of allylic oxidation sites excluding steroid dienone is 2. The maximum absolute atomic E-state index is 3.26. The van der Waals surface area contributed by atoms with Crippen LogP contribution in [-0.4, -0.2) is 6.04 Å². The molecule has 1 N–H and O–H groups in total. The van der Waals surface area contributed by atoms with Gasteiger partial charge in [0.25, 0.3) is 0 Å². The molecular formula is C8H9N. The predicted molar refractivity (Wildman–Crippen MR) is 37.9 cm³/mol. The van der Waals surface area contributed by atoms with E-state index in [1.54, 1.807) is 0 Å². The van der Waals surface area contributed by atoms with E-state index in [1.807, 2.05) is 6.20 Å². The molecule has 1 unspecified atom stereocenters. The fourth-order valence-corrected chi connectivity index (χ4v) is 1.24. The maximum Gasteiger partial charge on any atom is 0.0543 e. The number of fused-ring (bicyclic) bond motifs is 1. The van der Waals surface area contributed by atoms with Crippen molar-refractivity contribution in [1.29, 1.82) is 0 Å². The van der Waals surface area contributed by atoms with Gasteiger partial charge >= 0.3 is 0 Å². The average molecular weight is 119 g/mol. The Kier molecular flexibility index (Phi) is 0.950. The molecule has 1 aliphatic carbocycles. The van der Waals surface area contributed by atoms with Gasteiger partial charge in [0.05, 0.1) is 6.04 Å². The molecule has 1 aliphatic heterocycles. The van der Waals surface area contributed by atoms with Gasteiger partial charge < -0.3 is 5.32 Å². The number of nitrogens with one attached hydrogen (secondary N) is 1. The van der Waals surface area contributed by atoms with E-state index >= 15 is 0 Å². The van der Waals surface area contributed by atoms with E-state index in [1.165, 1.54) is 5.57 Å². The quantitative estimate of drug-likeness (QED) is 0.507. The fourth-order valence-electron chi connectivity index (χ4n) is 1.24. The molecule has 0 saturated heterocycles. The standard InChI is InChI=1S/C8H9N/c1-2-4-8-7(3-1)5-6-9-8/h1-3,5-6,8-9H,4H2. The summed E-state index contributed by atoms with van der Waals surface area (Å²) in [7, 11) is 0. The van der Waals surface area contributed by atoms with Crippen LogP contribution < -0.4 is 5.32 Å². The first-order valence-electron chi connectivity index (χ1n) is 3.26. The van der Waals surface area contributed by atoms with Gasteiger partial charge in [0.1, 0.15) is 0 Å². The summed E-state index contributed by atoms with van der Waals surface area (Å²) < 4.78 is 0. The van der Waals surface area contributed by atoms with Crippen LogP contribution in [0, 0.1) is 0 Å². The molecule has 1 heteroatoms. The van der Waals surface area contributed by atoms with E-state index < -0.39 is 0 Å². The Labute approximate surface area is 54.8 Å². The summed E-state index contributed by atoms with van der Waals surface area (Å²) in [5.41, 5.74) is 1.41. The Morgan fingerprint density at radius 3 is 3.44 bits per heavy atom. The molecule has 1 atom stereocenters. The van der Waals surface area contributed by atoms with E-state index in [4.69, 9.17) is 0 Å². The van der Waals surface area contributed by atoms with Crippen molar-refractivity contribution in [1.82, 2.24) is 5.32 Å². The van der Waals surface area contributed by atoms with E-state index in [9.17, 15) is 0 Å². The zero-order chi connectivity index (χ0) is 6.10. The molecular weight excluding hydrogens is 110 g/mol. The molecule has 1 nitrogen and oxygen atoms in total. The van der Waals surface area contributed by atoms with Gasteiger partial charge in [-0.05, 0) is 24.3 Å². The van der Waals surface area contributed by atoms with Gasteiger partial charge in [0.15, 0.2) is 0 Å². The van der Waals surface area contributed by atoms with Crippen LogP contribution in [0.2, 0.25) is 0 Å². The van der Waals surface area contributed by atoms with Crippen molar-refractivity contribution < 1.29 is 0 Å². The van der Waals surface area contributed by atoms with E-state index in [-0.39, 0.29) is 0 Å². The second kappa shape index (κ2) is 1.76. The highest BCUT2D eigenvalue weighted by atomic mass is 14.9. The van der Waals surface area contributed by atoms with Crippen LogP contribution in [0.15, 0.2) is 36.1 Å². The van der Waals surface area contributed by atoms with Gasteiger partial charge in [0.2, 0.25) is 0 Å². The molecule has 0 aromatic rings. The minimum absolute atomic E-state index is 0.579. The van der Waals surface area contributed by atoms with Gasteiger partial charge in [-0.2, -0.15) is 0 Å². The first-order chi connectivity index (χ1) is 4.47. The molecule has 9 heavy (non-hydrogen) atoms. The van der Waals surface area contributed by atoms with Crippen LogP contribution in [0.3, 0.4) is 0 Å². The lowest BCUT2D eigenvalue weighted by atomic mass is 10.0. The van der Waals surface area contributed by atoms with Crippen molar-refractivity contribution in [3.05, 3.63) is 36.1 Å². The van der Waals surface area contributed by atoms with Crippen molar-refractivity contribution in [3.63, 3.8) is 0 Å². The summed E-state index contributed by atoms with van der Waals surface area (Å²) in [5, 5.41) is 3.26. The molecule has 1 heterocycles. The number of rotatable bonds is 0. The Bertz CT molecular complexity index is 199. The highest BCUT2D eigenvalue weighted by molar-refractivity contribution is 5.36. The third-order valence-corrected chi connectivity index (χ3v) is 1.77. The Morgan fingerprint density at radius 2 is 2.56 bits per heavy atom. The molecule has 0 amide bonds. The Morgan fingerprint density at radius 1 is 1.56 bits per heavy atom. The first-order valence-corrected chi connectivity index (χ1v) is 3.26. The third-order valence-electron chi connectivity index (χ3n) is 1.77. The van der Waals surface area contributed by atoms with Crippen molar-refractivity contribution in [2.24, 2.45) is 0 Å². The van der Waals surface area contributed by atoms with Gasteiger partial charge in [-0.1, -0.05) is 18.2 Å². The molecule has 0 spiro atoms. The Balaban J connectivity index is 2.31. The van der Waals surface area contributed by atoms with Gasteiger partial charge in [-0.3, -0.25) is 0 Å². The summed E-state index contributed by atoms with van der Waals surface area (Å²) in [6.07, 6.45) is 11.7. The van der Waals surface area contributed by atoms with E-state index in [0.29, 0.717) is 6.04 Å². The topological polar surface area (TPSA) is 12.0 Å². The molecule has 46 valence electrons. The molecule has 0 saturated carbocycles. The molecule has 0 aromatic heterocycles. The van der Waals surface area contributed by atoms with Crippen LogP contribution in [0.1, 0.15) is 6.42 Å². The minimum Gasteiger partial charge on any atom is -0.384 e. The second-order valence-corrected chi connectivity index (χ2v) is 2.38. The fraction of sp³-hybridized carbons (Fsp3) is 0.250. The zero-order valence-electron chi connectivity index (χ0n) is 5.17. The van der Waals surface area contributed by atoms with Crippen molar-refractivity contribution >= 4 is 0 Å². The van der Waals surface area contributed by atoms with Crippen LogP contribution in [0.5, 0.6) is 0 Å². The highest BCUT2D eigenvalue weighted by Crippen LogP contribution is 2.17. The summed E-state index contributed by atoms with van der Waals surface area (Å²) in [6, 6.07) is 0.579. The molecule has 0 bridgehead atoms. The largest absolute Gasteiger partial charge is 0.384 e. The molecule has 2 rings (SSSR count). The van der Waals surface area contributed by atoms with Crippen molar-refractivity contribution in [2.45, 2.75) is 12.5 Å². The smallest absolute Gasteiger partial charge is 0.0543 e. The van der Waals surface area contributed by atoms with Crippen molar-refractivity contribution in [2.75, 3.05) is 0 Å². The predicted octanol–water partition coefficient (Wildman–Crippen LogP) is 1.36. The van der Waals surface area contributed by atoms with Crippen LogP contribution >= 0.6 is 0 Å². The van der Waals surface area contributed by atoms with E-state index in [0.717, 1.165) is 6.42 Å². The summed E-state index contributed by atoms with van der Waals surface area (Å²) in [5.74, 6) is 0. The Hall–Kier alpha value is -0.980. The van der Waals surface area contributed by atoms with Gasteiger partial charge in [-0.15, -0.1) is 0 Å². The lowest BCUT2D eigenvalue weighted by Crippen LogP contribution is -2.20. The molecule has 0 radical (unpaired) electrons. The lowest BCUT2D eigenvalue weighted by molar-refractivity contribution is 0.709. The van der Waals surface area contributed by atoms with Crippen molar-refractivity contribution in [3.8, 4) is 0 Å². The SMILES string of the molecule is C1=CCC2NC=CC2=C1. The average Bonchev–Trinajstić information content (AvgIpc) is 2.33. The minimum atomic E-state index is 0.579. The number of hydrogen-bond acceptors (Lipinski definition) is 1. The highest BCUT2D eigenvalue weighted by Gasteiger charge is 2.14. The van der Waals surface area contributed by atoms with Crippen LogP contribution in [0.25, 0.3) is 0 Å². The van der Waals surface area contributed by atoms with Gasteiger partial charge in [0, 0.05) is 0 Å². The second-order valence-electron chi connectivity index (χ2n) is 2.38. The first kappa shape index (κ1) is 4.86. The molecule has 0 fully saturated rings. The third kappa shape index (κ3) is 0.689. The molecule has 0 aromatic carbocycles. The van der Waals surface area contributed by atoms with Gasteiger partial charge in [-0.25, -0.2) is 0 Å². The molecule has 2 aliphatic rings. The summed E-state index contributed by atoms with van der Waals surface area (Å²) in [6.45, 7) is 0.